The molecule has 0 fully saturated rings. The predicted molar refractivity (Wildman–Crippen MR) is 67.2 cm³/mol. The van der Waals surface area contributed by atoms with E-state index in [-0.39, 0.29) is 11.4 Å². The van der Waals surface area contributed by atoms with E-state index in [1.54, 1.807) is 0 Å². The van der Waals surface area contributed by atoms with Gasteiger partial charge in [-0.1, -0.05) is 11.8 Å². The van der Waals surface area contributed by atoms with Gasteiger partial charge in [0.2, 0.25) is 0 Å². The Kier molecular flexibility index (Phi) is 6.59. The molecule has 0 aromatic heterocycles. The zero-order valence-electron chi connectivity index (χ0n) is 11.0. The second-order valence-electron chi connectivity index (χ2n) is 4.96. The van der Waals surface area contributed by atoms with Crippen molar-refractivity contribution in [2.45, 2.75) is 20.8 Å². The first kappa shape index (κ1) is 14.8. The molecular weight excluding hydrogens is 202 g/mol. The maximum atomic E-state index is 11.2. The highest BCUT2D eigenvalue weighted by Gasteiger charge is 2.03. The first-order valence-corrected chi connectivity index (χ1v) is 5.48. The number of likely N-dealkylation sites (N-methyl/N-ethyl adjacent to an activating group) is 1. The Labute approximate surface area is 98.8 Å². The Morgan fingerprint density at radius 3 is 2.38 bits per heavy atom. The van der Waals surface area contributed by atoms with Gasteiger partial charge in [0.05, 0.1) is 6.54 Å². The predicted octanol–water partition coefficient (Wildman–Crippen LogP) is 0.897. The molecule has 0 unspecified atom stereocenters. The van der Waals surface area contributed by atoms with Crippen molar-refractivity contribution in [3.8, 4) is 11.8 Å². The van der Waals surface area contributed by atoms with Crippen LogP contribution in [0.25, 0.3) is 0 Å². The smallest absolute Gasteiger partial charge is 0.315 e. The molecule has 2 N–H and O–H groups in total. The van der Waals surface area contributed by atoms with Crippen molar-refractivity contribution in [3.63, 3.8) is 0 Å². The lowest BCUT2D eigenvalue weighted by Crippen LogP contribution is -2.39. The summed E-state index contributed by atoms with van der Waals surface area (Å²) in [6.45, 7) is 7.99. The van der Waals surface area contributed by atoms with E-state index in [1.165, 1.54) is 0 Å². The van der Waals surface area contributed by atoms with Crippen molar-refractivity contribution in [2.75, 3.05) is 33.7 Å². The summed E-state index contributed by atoms with van der Waals surface area (Å²) in [5.74, 6) is 5.97. The molecule has 0 heterocycles. The standard InChI is InChI=1S/C12H23N3O/c1-12(2,3)7-6-8-13-11(16)14-9-10-15(4)5/h8-10H2,1-5H3,(H2,13,14,16). The minimum absolute atomic E-state index is 0.0108. The molecule has 4 heteroatoms. The van der Waals surface area contributed by atoms with Crippen LogP contribution in [-0.2, 0) is 0 Å². The van der Waals surface area contributed by atoms with Gasteiger partial charge in [0.25, 0.3) is 0 Å². The van der Waals surface area contributed by atoms with Crippen LogP contribution < -0.4 is 10.6 Å². The first-order valence-electron chi connectivity index (χ1n) is 5.48. The molecule has 0 aliphatic carbocycles. The molecule has 0 saturated carbocycles. The summed E-state index contributed by atoms with van der Waals surface area (Å²) in [7, 11) is 3.93. The van der Waals surface area contributed by atoms with E-state index in [9.17, 15) is 4.79 Å². The lowest BCUT2D eigenvalue weighted by Gasteiger charge is -2.10. The summed E-state index contributed by atoms with van der Waals surface area (Å²) >= 11 is 0. The van der Waals surface area contributed by atoms with E-state index in [1.807, 2.05) is 39.8 Å². The van der Waals surface area contributed by atoms with Crippen molar-refractivity contribution in [1.82, 2.24) is 15.5 Å². The lowest BCUT2D eigenvalue weighted by molar-refractivity contribution is 0.240. The molecule has 0 spiro atoms. The van der Waals surface area contributed by atoms with Crippen molar-refractivity contribution < 1.29 is 4.79 Å². The number of carbonyl (C=O) groups is 1. The topological polar surface area (TPSA) is 44.4 Å². The van der Waals surface area contributed by atoms with Crippen LogP contribution >= 0.6 is 0 Å². The number of amides is 2. The molecule has 92 valence electrons. The van der Waals surface area contributed by atoms with E-state index >= 15 is 0 Å². The maximum Gasteiger partial charge on any atom is 0.315 e. The average molecular weight is 225 g/mol. The minimum Gasteiger partial charge on any atom is -0.337 e. The second kappa shape index (κ2) is 7.13. The Morgan fingerprint density at radius 2 is 1.88 bits per heavy atom. The molecule has 0 atom stereocenters. The highest BCUT2D eigenvalue weighted by atomic mass is 16.2. The van der Waals surface area contributed by atoms with Crippen LogP contribution in [0, 0.1) is 17.3 Å². The molecular formula is C12H23N3O. The fourth-order valence-corrected chi connectivity index (χ4v) is 0.889. The van der Waals surface area contributed by atoms with Gasteiger partial charge in [0.15, 0.2) is 0 Å². The third kappa shape index (κ3) is 10.9. The van der Waals surface area contributed by atoms with Crippen molar-refractivity contribution >= 4 is 6.03 Å². The maximum absolute atomic E-state index is 11.2. The summed E-state index contributed by atoms with van der Waals surface area (Å²) in [5.41, 5.74) is -0.0108. The Hall–Kier alpha value is -1.21. The van der Waals surface area contributed by atoms with Crippen LogP contribution in [0.2, 0.25) is 0 Å². The molecule has 0 saturated heterocycles. The molecule has 0 aliphatic heterocycles. The lowest BCUT2D eigenvalue weighted by atomic mass is 9.98. The minimum atomic E-state index is -0.162. The number of rotatable bonds is 4. The Bertz CT molecular complexity index is 268. The molecule has 0 aliphatic rings. The van der Waals surface area contributed by atoms with Gasteiger partial charge in [-0.3, -0.25) is 0 Å². The molecule has 4 nitrogen and oxygen atoms in total. The fourth-order valence-electron chi connectivity index (χ4n) is 0.889. The van der Waals surface area contributed by atoms with Crippen molar-refractivity contribution in [2.24, 2.45) is 5.41 Å². The van der Waals surface area contributed by atoms with Crippen LogP contribution in [0.15, 0.2) is 0 Å². The molecule has 0 aromatic carbocycles. The number of urea groups is 1. The normalized spacial score (nSPS) is 10.6. The number of hydrogen-bond donors (Lipinski definition) is 2. The van der Waals surface area contributed by atoms with Gasteiger partial charge >= 0.3 is 6.03 Å². The van der Waals surface area contributed by atoms with Crippen LogP contribution in [0.1, 0.15) is 20.8 Å². The van der Waals surface area contributed by atoms with E-state index in [0.29, 0.717) is 13.1 Å². The van der Waals surface area contributed by atoms with Gasteiger partial charge in [-0.15, -0.1) is 0 Å². The van der Waals surface area contributed by atoms with Crippen LogP contribution in [0.3, 0.4) is 0 Å². The van der Waals surface area contributed by atoms with Gasteiger partial charge in [0, 0.05) is 18.5 Å². The summed E-state index contributed by atoms with van der Waals surface area (Å²) in [6, 6.07) is -0.162. The molecule has 0 bridgehead atoms. The molecule has 16 heavy (non-hydrogen) atoms. The Morgan fingerprint density at radius 1 is 1.25 bits per heavy atom. The highest BCUT2D eigenvalue weighted by molar-refractivity contribution is 5.74. The largest absolute Gasteiger partial charge is 0.337 e. The second-order valence-corrected chi connectivity index (χ2v) is 4.96. The van der Waals surface area contributed by atoms with Gasteiger partial charge in [-0.05, 0) is 34.9 Å². The molecule has 0 aromatic rings. The van der Waals surface area contributed by atoms with Crippen molar-refractivity contribution in [3.05, 3.63) is 0 Å². The SMILES string of the molecule is CN(C)CCNC(=O)NCC#CC(C)(C)C. The van der Waals surface area contributed by atoms with E-state index in [4.69, 9.17) is 0 Å². The quantitative estimate of drug-likeness (QED) is 0.698. The van der Waals surface area contributed by atoms with E-state index in [2.05, 4.69) is 22.5 Å². The van der Waals surface area contributed by atoms with Crippen molar-refractivity contribution in [1.29, 1.82) is 0 Å². The third-order valence-electron chi connectivity index (χ3n) is 1.65. The fraction of sp³-hybridized carbons (Fsp3) is 0.750. The number of hydrogen-bond acceptors (Lipinski definition) is 2. The molecule has 0 rings (SSSR count). The summed E-state index contributed by atoms with van der Waals surface area (Å²) < 4.78 is 0. The van der Waals surface area contributed by atoms with Crippen LogP contribution in [-0.4, -0.2) is 44.7 Å². The molecule has 0 radical (unpaired) electrons. The number of carbonyl (C=O) groups excluding carboxylic acids is 1. The number of nitrogens with zero attached hydrogens (tertiary/aromatic N) is 1. The van der Waals surface area contributed by atoms with Gasteiger partial charge in [0.1, 0.15) is 0 Å². The van der Waals surface area contributed by atoms with E-state index < -0.39 is 0 Å². The van der Waals surface area contributed by atoms with Gasteiger partial charge in [-0.2, -0.15) is 0 Å². The summed E-state index contributed by atoms with van der Waals surface area (Å²) in [5, 5.41) is 5.44. The first-order chi connectivity index (χ1) is 7.31. The van der Waals surface area contributed by atoms with Crippen LogP contribution in [0.4, 0.5) is 4.79 Å². The molecule has 2 amide bonds. The number of nitrogens with one attached hydrogen (secondary N) is 2. The third-order valence-corrected chi connectivity index (χ3v) is 1.65. The summed E-state index contributed by atoms with van der Waals surface area (Å²) in [6.07, 6.45) is 0. The zero-order chi connectivity index (χ0) is 12.6. The van der Waals surface area contributed by atoms with Crippen LogP contribution in [0.5, 0.6) is 0 Å². The monoisotopic (exact) mass is 225 g/mol. The highest BCUT2D eigenvalue weighted by Crippen LogP contribution is 2.09. The van der Waals surface area contributed by atoms with Gasteiger partial charge < -0.3 is 15.5 Å². The summed E-state index contributed by atoms with van der Waals surface area (Å²) in [4.78, 5) is 13.3. The Balaban J connectivity index is 3.62. The zero-order valence-corrected chi connectivity index (χ0v) is 11.0. The van der Waals surface area contributed by atoms with E-state index in [0.717, 1.165) is 6.54 Å². The van der Waals surface area contributed by atoms with Gasteiger partial charge in [-0.25, -0.2) is 4.79 Å². The average Bonchev–Trinajstić information content (AvgIpc) is 2.10.